The summed E-state index contributed by atoms with van der Waals surface area (Å²) in [5, 5.41) is 0. The molecule has 0 aromatic heterocycles. The fraction of sp³-hybridized carbons (Fsp3) is 0.533. The van der Waals surface area contributed by atoms with Crippen molar-refractivity contribution in [2.75, 3.05) is 33.8 Å². The SMILES string of the molecule is CCN(CC)CC(=O)N(C)Cc1cccc(OC)c1. The molecule has 19 heavy (non-hydrogen) atoms. The van der Waals surface area contributed by atoms with Crippen molar-refractivity contribution in [1.82, 2.24) is 9.80 Å². The van der Waals surface area contributed by atoms with Crippen LogP contribution in [0, 0.1) is 0 Å². The number of carbonyl (C=O) groups excluding carboxylic acids is 1. The van der Waals surface area contributed by atoms with Crippen LogP contribution < -0.4 is 4.74 Å². The van der Waals surface area contributed by atoms with Crippen molar-refractivity contribution in [3.05, 3.63) is 29.8 Å². The second-order valence-electron chi connectivity index (χ2n) is 4.56. The van der Waals surface area contributed by atoms with Gasteiger partial charge in [-0.3, -0.25) is 9.69 Å². The lowest BCUT2D eigenvalue weighted by Crippen LogP contribution is -2.37. The first-order valence-electron chi connectivity index (χ1n) is 6.69. The van der Waals surface area contributed by atoms with Crippen molar-refractivity contribution >= 4 is 5.91 Å². The molecule has 0 bridgehead atoms. The number of carbonyl (C=O) groups is 1. The standard InChI is InChI=1S/C15H24N2O2/c1-5-17(6-2)12-15(18)16(3)11-13-8-7-9-14(10-13)19-4/h7-10H,5-6,11-12H2,1-4H3. The molecule has 4 heteroatoms. The Hall–Kier alpha value is -1.55. The van der Waals surface area contributed by atoms with E-state index in [9.17, 15) is 4.79 Å². The summed E-state index contributed by atoms with van der Waals surface area (Å²) in [6.45, 7) is 7.02. The normalized spacial score (nSPS) is 10.6. The fourth-order valence-electron chi connectivity index (χ4n) is 1.89. The Morgan fingerprint density at radius 3 is 2.53 bits per heavy atom. The number of amides is 1. The molecule has 0 N–H and O–H groups in total. The van der Waals surface area contributed by atoms with Gasteiger partial charge < -0.3 is 9.64 Å². The molecule has 4 nitrogen and oxygen atoms in total. The van der Waals surface area contributed by atoms with E-state index >= 15 is 0 Å². The van der Waals surface area contributed by atoms with Gasteiger partial charge in [0, 0.05) is 13.6 Å². The number of nitrogens with zero attached hydrogens (tertiary/aromatic N) is 2. The lowest BCUT2D eigenvalue weighted by molar-refractivity contribution is -0.131. The van der Waals surface area contributed by atoms with Crippen LogP contribution in [-0.2, 0) is 11.3 Å². The van der Waals surface area contributed by atoms with E-state index in [4.69, 9.17) is 4.74 Å². The van der Waals surface area contributed by atoms with E-state index < -0.39 is 0 Å². The number of hydrogen-bond donors (Lipinski definition) is 0. The zero-order valence-corrected chi connectivity index (χ0v) is 12.3. The molecule has 0 aliphatic carbocycles. The van der Waals surface area contributed by atoms with Crippen molar-refractivity contribution in [2.45, 2.75) is 20.4 Å². The van der Waals surface area contributed by atoms with Crippen LogP contribution in [0.4, 0.5) is 0 Å². The summed E-state index contributed by atoms with van der Waals surface area (Å²) in [6.07, 6.45) is 0. The maximum atomic E-state index is 12.1. The fourth-order valence-corrected chi connectivity index (χ4v) is 1.89. The molecule has 106 valence electrons. The Kier molecular flexibility index (Phi) is 6.36. The van der Waals surface area contributed by atoms with Gasteiger partial charge in [0.2, 0.25) is 5.91 Å². The number of likely N-dealkylation sites (N-methyl/N-ethyl adjacent to an activating group) is 2. The van der Waals surface area contributed by atoms with E-state index in [0.717, 1.165) is 24.4 Å². The van der Waals surface area contributed by atoms with Gasteiger partial charge in [-0.2, -0.15) is 0 Å². The van der Waals surface area contributed by atoms with Gasteiger partial charge in [0.25, 0.3) is 0 Å². The molecule has 0 radical (unpaired) electrons. The molecule has 0 aliphatic heterocycles. The molecular formula is C15H24N2O2. The highest BCUT2D eigenvalue weighted by atomic mass is 16.5. The van der Waals surface area contributed by atoms with Gasteiger partial charge in [-0.05, 0) is 30.8 Å². The zero-order valence-electron chi connectivity index (χ0n) is 12.3. The topological polar surface area (TPSA) is 32.8 Å². The molecule has 0 heterocycles. The minimum absolute atomic E-state index is 0.145. The predicted molar refractivity (Wildman–Crippen MR) is 77.3 cm³/mol. The molecule has 0 spiro atoms. The highest BCUT2D eigenvalue weighted by Gasteiger charge is 2.12. The molecule has 0 saturated carbocycles. The highest BCUT2D eigenvalue weighted by molar-refractivity contribution is 5.78. The Balaban J connectivity index is 2.57. The van der Waals surface area contributed by atoms with E-state index in [2.05, 4.69) is 18.7 Å². The van der Waals surface area contributed by atoms with Gasteiger partial charge in [0.1, 0.15) is 5.75 Å². The third-order valence-corrected chi connectivity index (χ3v) is 3.23. The molecule has 0 saturated heterocycles. The highest BCUT2D eigenvalue weighted by Crippen LogP contribution is 2.13. The maximum Gasteiger partial charge on any atom is 0.236 e. The molecule has 1 aromatic rings. The third-order valence-electron chi connectivity index (χ3n) is 3.23. The molecule has 1 amide bonds. The van der Waals surface area contributed by atoms with E-state index in [1.165, 1.54) is 0 Å². The monoisotopic (exact) mass is 264 g/mol. The van der Waals surface area contributed by atoms with Crippen molar-refractivity contribution in [3.8, 4) is 5.75 Å². The Morgan fingerprint density at radius 2 is 1.95 bits per heavy atom. The summed E-state index contributed by atoms with van der Waals surface area (Å²) in [7, 11) is 3.49. The third kappa shape index (κ3) is 4.91. The van der Waals surface area contributed by atoms with Gasteiger partial charge >= 0.3 is 0 Å². The van der Waals surface area contributed by atoms with Crippen molar-refractivity contribution in [3.63, 3.8) is 0 Å². The first-order chi connectivity index (χ1) is 9.10. The second-order valence-corrected chi connectivity index (χ2v) is 4.56. The summed E-state index contributed by atoms with van der Waals surface area (Å²) >= 11 is 0. The second kappa shape index (κ2) is 7.79. The summed E-state index contributed by atoms with van der Waals surface area (Å²) < 4.78 is 5.18. The Morgan fingerprint density at radius 1 is 1.26 bits per heavy atom. The predicted octanol–water partition coefficient (Wildman–Crippen LogP) is 2.00. The average molecular weight is 264 g/mol. The van der Waals surface area contributed by atoms with Crippen LogP contribution >= 0.6 is 0 Å². The lowest BCUT2D eigenvalue weighted by atomic mass is 10.2. The van der Waals surface area contributed by atoms with E-state index in [1.54, 1.807) is 12.0 Å². The van der Waals surface area contributed by atoms with Crippen molar-refractivity contribution in [1.29, 1.82) is 0 Å². The minimum atomic E-state index is 0.145. The number of hydrogen-bond acceptors (Lipinski definition) is 3. The summed E-state index contributed by atoms with van der Waals surface area (Å²) in [5.41, 5.74) is 1.08. The quantitative estimate of drug-likeness (QED) is 0.755. The van der Waals surface area contributed by atoms with Crippen molar-refractivity contribution < 1.29 is 9.53 Å². The van der Waals surface area contributed by atoms with Crippen molar-refractivity contribution in [2.24, 2.45) is 0 Å². The van der Waals surface area contributed by atoms with E-state index in [-0.39, 0.29) is 5.91 Å². The number of ether oxygens (including phenoxy) is 1. The smallest absolute Gasteiger partial charge is 0.236 e. The molecule has 0 aliphatic rings. The van der Waals surface area contributed by atoms with Crippen LogP contribution in [0.3, 0.4) is 0 Å². The molecular weight excluding hydrogens is 240 g/mol. The summed E-state index contributed by atoms with van der Waals surface area (Å²) in [5.74, 6) is 0.966. The molecule has 0 atom stereocenters. The summed E-state index contributed by atoms with van der Waals surface area (Å²) in [4.78, 5) is 16.0. The molecule has 0 fully saturated rings. The maximum absolute atomic E-state index is 12.1. The van der Waals surface area contributed by atoms with Crippen LogP contribution in [0.5, 0.6) is 5.75 Å². The van der Waals surface area contributed by atoms with Crippen LogP contribution in [0.1, 0.15) is 19.4 Å². The first-order valence-corrected chi connectivity index (χ1v) is 6.69. The van der Waals surface area contributed by atoms with Gasteiger partial charge in [-0.15, -0.1) is 0 Å². The van der Waals surface area contributed by atoms with Crippen LogP contribution in [0.2, 0.25) is 0 Å². The first kappa shape index (κ1) is 15.5. The molecule has 0 unspecified atom stereocenters. The Bertz CT molecular complexity index is 403. The molecule has 1 rings (SSSR count). The van der Waals surface area contributed by atoms with Crippen LogP contribution in [0.15, 0.2) is 24.3 Å². The number of methoxy groups -OCH3 is 1. The van der Waals surface area contributed by atoms with Gasteiger partial charge in [0.15, 0.2) is 0 Å². The number of rotatable bonds is 7. The Labute approximate surface area is 116 Å². The molecule has 1 aromatic carbocycles. The van der Waals surface area contributed by atoms with Crippen LogP contribution in [0.25, 0.3) is 0 Å². The van der Waals surface area contributed by atoms with Gasteiger partial charge in [-0.1, -0.05) is 26.0 Å². The van der Waals surface area contributed by atoms with E-state index in [1.807, 2.05) is 31.3 Å². The van der Waals surface area contributed by atoms with Gasteiger partial charge in [0.05, 0.1) is 13.7 Å². The summed E-state index contributed by atoms with van der Waals surface area (Å²) in [6, 6.07) is 7.81. The van der Waals surface area contributed by atoms with Gasteiger partial charge in [-0.25, -0.2) is 0 Å². The number of benzene rings is 1. The minimum Gasteiger partial charge on any atom is -0.497 e. The lowest BCUT2D eigenvalue weighted by Gasteiger charge is -2.23. The van der Waals surface area contributed by atoms with Crippen LogP contribution in [-0.4, -0.2) is 49.5 Å². The largest absolute Gasteiger partial charge is 0.497 e. The van der Waals surface area contributed by atoms with E-state index in [0.29, 0.717) is 13.1 Å². The zero-order chi connectivity index (χ0) is 14.3. The average Bonchev–Trinajstić information content (AvgIpc) is 2.44.